The first-order valence-electron chi connectivity index (χ1n) is 7.08. The van der Waals surface area contributed by atoms with Gasteiger partial charge in [0.2, 0.25) is 0 Å². The molecule has 1 unspecified atom stereocenters. The fraction of sp³-hybridized carbons (Fsp3) is 1.00. The largest absolute Gasteiger partial charge is 0.381 e. The summed E-state index contributed by atoms with van der Waals surface area (Å²) in [5.74, 6) is 0.816. The molecule has 0 aromatic rings. The molecule has 0 radical (unpaired) electrons. The van der Waals surface area contributed by atoms with Crippen molar-refractivity contribution in [1.82, 2.24) is 15.5 Å². The molecule has 0 aliphatic carbocycles. The topological polar surface area (TPSA) is 36.5 Å². The van der Waals surface area contributed by atoms with Gasteiger partial charge in [0, 0.05) is 45.4 Å². The van der Waals surface area contributed by atoms with Gasteiger partial charge in [0.15, 0.2) is 0 Å². The molecule has 0 amide bonds. The lowest BCUT2D eigenvalue weighted by atomic mass is 9.89. The zero-order valence-corrected chi connectivity index (χ0v) is 11.1. The van der Waals surface area contributed by atoms with Crippen LogP contribution in [0.5, 0.6) is 0 Å². The summed E-state index contributed by atoms with van der Waals surface area (Å²) in [4.78, 5) is 2.58. The number of hydrogen-bond acceptors (Lipinski definition) is 4. The molecule has 100 valence electrons. The molecule has 2 N–H and O–H groups in total. The Balaban J connectivity index is 1.70. The molecule has 4 heteroatoms. The molecule has 2 aliphatic rings. The molecule has 0 saturated carbocycles. The number of hydrogen-bond donors (Lipinski definition) is 2. The van der Waals surface area contributed by atoms with Crippen molar-refractivity contribution in [1.29, 1.82) is 0 Å². The minimum Gasteiger partial charge on any atom is -0.381 e. The second-order valence-corrected chi connectivity index (χ2v) is 5.23. The average molecular weight is 241 g/mol. The highest BCUT2D eigenvalue weighted by Crippen LogP contribution is 2.20. The van der Waals surface area contributed by atoms with Gasteiger partial charge in [-0.25, -0.2) is 0 Å². The maximum Gasteiger partial charge on any atom is 0.0469 e. The molecule has 2 heterocycles. The molecule has 2 saturated heterocycles. The zero-order valence-electron chi connectivity index (χ0n) is 11.1. The predicted octanol–water partition coefficient (Wildman–Crippen LogP) is 0.296. The number of piperazine rings is 1. The Morgan fingerprint density at radius 1 is 1.29 bits per heavy atom. The van der Waals surface area contributed by atoms with Crippen molar-refractivity contribution >= 4 is 0 Å². The molecule has 0 bridgehead atoms. The molecule has 2 aliphatic heterocycles. The molecule has 17 heavy (non-hydrogen) atoms. The summed E-state index contributed by atoms with van der Waals surface area (Å²) in [7, 11) is 2.11. The summed E-state index contributed by atoms with van der Waals surface area (Å²) in [5.41, 5.74) is 0. The van der Waals surface area contributed by atoms with Crippen molar-refractivity contribution in [3.63, 3.8) is 0 Å². The van der Waals surface area contributed by atoms with Crippen LogP contribution in [0.25, 0.3) is 0 Å². The molecular weight excluding hydrogens is 214 g/mol. The molecule has 0 aromatic carbocycles. The van der Waals surface area contributed by atoms with E-state index in [9.17, 15) is 0 Å². The number of ether oxygens (including phenoxy) is 1. The Bertz CT molecular complexity index is 201. The molecule has 2 fully saturated rings. The standard InChI is InChI=1S/C13H27N3O/c1-14-13(12-3-10-17-11-4-12)2-7-16-8-5-15-6-9-16/h12-15H,2-11H2,1H3. The molecule has 0 spiro atoms. The number of nitrogens with zero attached hydrogens (tertiary/aromatic N) is 1. The SMILES string of the molecule is CNC(CCN1CCNCC1)C1CCOCC1. The second-order valence-electron chi connectivity index (χ2n) is 5.23. The average Bonchev–Trinajstić information content (AvgIpc) is 2.42. The van der Waals surface area contributed by atoms with E-state index < -0.39 is 0 Å². The van der Waals surface area contributed by atoms with Crippen LogP contribution < -0.4 is 10.6 Å². The summed E-state index contributed by atoms with van der Waals surface area (Å²) in [6.07, 6.45) is 3.74. The van der Waals surface area contributed by atoms with Gasteiger partial charge in [0.25, 0.3) is 0 Å². The van der Waals surface area contributed by atoms with Crippen molar-refractivity contribution in [3.05, 3.63) is 0 Å². The number of nitrogens with one attached hydrogen (secondary N) is 2. The highest BCUT2D eigenvalue weighted by atomic mass is 16.5. The highest BCUT2D eigenvalue weighted by molar-refractivity contribution is 4.79. The summed E-state index contributed by atoms with van der Waals surface area (Å²) >= 11 is 0. The van der Waals surface area contributed by atoms with Gasteiger partial charge in [-0.2, -0.15) is 0 Å². The van der Waals surface area contributed by atoms with Gasteiger partial charge >= 0.3 is 0 Å². The van der Waals surface area contributed by atoms with E-state index in [1.807, 2.05) is 0 Å². The minimum atomic E-state index is 0.675. The minimum absolute atomic E-state index is 0.675. The summed E-state index contributed by atoms with van der Waals surface area (Å²) in [5, 5.41) is 6.92. The van der Waals surface area contributed by atoms with Gasteiger partial charge in [0.05, 0.1) is 0 Å². The normalized spacial score (nSPS) is 25.9. The lowest BCUT2D eigenvalue weighted by Gasteiger charge is -2.33. The van der Waals surface area contributed by atoms with Crippen LogP contribution in [0, 0.1) is 5.92 Å². The van der Waals surface area contributed by atoms with E-state index in [1.54, 1.807) is 0 Å². The smallest absolute Gasteiger partial charge is 0.0469 e. The van der Waals surface area contributed by atoms with E-state index in [2.05, 4.69) is 22.6 Å². The monoisotopic (exact) mass is 241 g/mol. The Morgan fingerprint density at radius 2 is 2.00 bits per heavy atom. The quantitative estimate of drug-likeness (QED) is 0.726. The van der Waals surface area contributed by atoms with Crippen LogP contribution in [0.15, 0.2) is 0 Å². The van der Waals surface area contributed by atoms with Gasteiger partial charge in [-0.05, 0) is 38.8 Å². The van der Waals surface area contributed by atoms with E-state index in [0.29, 0.717) is 6.04 Å². The van der Waals surface area contributed by atoms with Crippen molar-refractivity contribution in [2.45, 2.75) is 25.3 Å². The predicted molar refractivity (Wildman–Crippen MR) is 70.3 cm³/mol. The fourth-order valence-corrected chi connectivity index (χ4v) is 2.99. The molecule has 4 nitrogen and oxygen atoms in total. The van der Waals surface area contributed by atoms with Crippen LogP contribution in [0.4, 0.5) is 0 Å². The van der Waals surface area contributed by atoms with Crippen LogP contribution in [-0.4, -0.2) is 63.9 Å². The van der Waals surface area contributed by atoms with Crippen molar-refractivity contribution < 1.29 is 4.74 Å². The van der Waals surface area contributed by atoms with Crippen LogP contribution in [0.2, 0.25) is 0 Å². The Kier molecular flexibility index (Phi) is 5.71. The third kappa shape index (κ3) is 4.21. The number of rotatable bonds is 5. The highest BCUT2D eigenvalue weighted by Gasteiger charge is 2.23. The zero-order chi connectivity index (χ0) is 11.9. The third-order valence-electron chi connectivity index (χ3n) is 4.17. The molecule has 1 atom stereocenters. The van der Waals surface area contributed by atoms with E-state index in [-0.39, 0.29) is 0 Å². The third-order valence-corrected chi connectivity index (χ3v) is 4.17. The first kappa shape index (κ1) is 13.3. The van der Waals surface area contributed by atoms with Gasteiger partial charge < -0.3 is 20.3 Å². The lowest BCUT2D eigenvalue weighted by molar-refractivity contribution is 0.0518. The summed E-state index contributed by atoms with van der Waals surface area (Å²) < 4.78 is 5.44. The van der Waals surface area contributed by atoms with Crippen molar-refractivity contribution in [2.75, 3.05) is 53.0 Å². The van der Waals surface area contributed by atoms with E-state index in [0.717, 1.165) is 32.2 Å². The molecule has 0 aromatic heterocycles. The van der Waals surface area contributed by atoms with Crippen LogP contribution in [0.3, 0.4) is 0 Å². The van der Waals surface area contributed by atoms with Crippen LogP contribution in [0.1, 0.15) is 19.3 Å². The van der Waals surface area contributed by atoms with Crippen LogP contribution >= 0.6 is 0 Å². The van der Waals surface area contributed by atoms with E-state index >= 15 is 0 Å². The van der Waals surface area contributed by atoms with Crippen molar-refractivity contribution in [3.8, 4) is 0 Å². The first-order valence-corrected chi connectivity index (χ1v) is 7.08. The maximum atomic E-state index is 5.44. The maximum absolute atomic E-state index is 5.44. The van der Waals surface area contributed by atoms with E-state index in [1.165, 1.54) is 38.9 Å². The lowest BCUT2D eigenvalue weighted by Crippen LogP contribution is -2.46. The Labute approximate surface area is 105 Å². The molecular formula is C13H27N3O. The first-order chi connectivity index (χ1) is 8.40. The summed E-state index contributed by atoms with van der Waals surface area (Å²) in [6, 6.07) is 0.675. The van der Waals surface area contributed by atoms with E-state index in [4.69, 9.17) is 4.74 Å². The van der Waals surface area contributed by atoms with Gasteiger partial charge in [-0.1, -0.05) is 0 Å². The van der Waals surface area contributed by atoms with Gasteiger partial charge in [-0.15, -0.1) is 0 Å². The van der Waals surface area contributed by atoms with Gasteiger partial charge in [0.1, 0.15) is 0 Å². The Morgan fingerprint density at radius 3 is 2.65 bits per heavy atom. The van der Waals surface area contributed by atoms with Gasteiger partial charge in [-0.3, -0.25) is 0 Å². The van der Waals surface area contributed by atoms with Crippen molar-refractivity contribution in [2.24, 2.45) is 5.92 Å². The van der Waals surface area contributed by atoms with Crippen LogP contribution in [-0.2, 0) is 4.74 Å². The Hall–Kier alpha value is -0.160. The molecule has 2 rings (SSSR count). The fourth-order valence-electron chi connectivity index (χ4n) is 2.99. The summed E-state index contributed by atoms with van der Waals surface area (Å²) in [6.45, 7) is 7.88. The second kappa shape index (κ2) is 7.31.